The van der Waals surface area contributed by atoms with Crippen molar-refractivity contribution in [3.8, 4) is 0 Å². The van der Waals surface area contributed by atoms with Gasteiger partial charge in [0.1, 0.15) is 0 Å². The Morgan fingerprint density at radius 3 is 2.38 bits per heavy atom. The van der Waals surface area contributed by atoms with Gasteiger partial charge in [0.15, 0.2) is 0 Å². The largest absolute Gasteiger partial charge is 0.399 e. The van der Waals surface area contributed by atoms with E-state index in [-0.39, 0.29) is 30.4 Å². The van der Waals surface area contributed by atoms with Crippen LogP contribution in [-0.2, 0) is 14.8 Å². The van der Waals surface area contributed by atoms with Gasteiger partial charge in [-0.3, -0.25) is 9.69 Å². The molecule has 1 heterocycles. The van der Waals surface area contributed by atoms with Gasteiger partial charge in [-0.25, -0.2) is 8.42 Å². The Morgan fingerprint density at radius 1 is 1.04 bits per heavy atom. The fraction of sp³-hybridized carbons (Fsp3) is 0.235. The number of hydrogen-bond donors (Lipinski definition) is 1. The first-order valence-corrected chi connectivity index (χ1v) is 9.05. The fourth-order valence-electron chi connectivity index (χ4n) is 2.72. The van der Waals surface area contributed by atoms with Crippen LogP contribution < -0.4 is 10.6 Å². The number of amides is 1. The minimum Gasteiger partial charge on any atom is -0.399 e. The van der Waals surface area contributed by atoms with Crippen molar-refractivity contribution in [3.05, 3.63) is 54.1 Å². The molecular weight excluding hydrogens is 326 g/mol. The third-order valence-corrected chi connectivity index (χ3v) is 5.95. The minimum atomic E-state index is -3.67. The maximum Gasteiger partial charge on any atom is 0.244 e. The molecular formula is C17H19N3O3S. The van der Waals surface area contributed by atoms with Crippen molar-refractivity contribution in [2.75, 3.05) is 23.8 Å². The average Bonchev–Trinajstić information content (AvgIpc) is 2.56. The number of aryl methyl sites for hydroxylation is 1. The van der Waals surface area contributed by atoms with Crippen LogP contribution in [0.2, 0.25) is 0 Å². The molecule has 24 heavy (non-hydrogen) atoms. The molecule has 0 bridgehead atoms. The Kier molecular flexibility index (Phi) is 4.29. The summed E-state index contributed by atoms with van der Waals surface area (Å²) < 4.78 is 27.0. The van der Waals surface area contributed by atoms with Gasteiger partial charge in [0.25, 0.3) is 0 Å². The van der Waals surface area contributed by atoms with Gasteiger partial charge in [-0.1, -0.05) is 18.2 Å². The zero-order valence-electron chi connectivity index (χ0n) is 13.3. The summed E-state index contributed by atoms with van der Waals surface area (Å²) in [6.45, 7) is 2.08. The summed E-state index contributed by atoms with van der Waals surface area (Å²) in [6.07, 6.45) is 0.155. The molecule has 0 unspecified atom stereocenters. The molecule has 1 amide bonds. The Hall–Kier alpha value is -2.38. The van der Waals surface area contributed by atoms with E-state index in [4.69, 9.17) is 5.73 Å². The second kappa shape index (κ2) is 6.26. The number of para-hydroxylation sites is 1. The number of nitrogen functional groups attached to an aromatic ring is 1. The van der Waals surface area contributed by atoms with Crippen molar-refractivity contribution in [3.63, 3.8) is 0 Å². The summed E-state index contributed by atoms with van der Waals surface area (Å²) in [5.41, 5.74) is 7.79. The van der Waals surface area contributed by atoms with Crippen LogP contribution >= 0.6 is 0 Å². The van der Waals surface area contributed by atoms with E-state index in [2.05, 4.69) is 0 Å². The molecule has 1 aliphatic heterocycles. The number of benzene rings is 2. The van der Waals surface area contributed by atoms with Crippen LogP contribution in [0.5, 0.6) is 0 Å². The monoisotopic (exact) mass is 345 g/mol. The maximum atomic E-state index is 12.8. The number of carbonyl (C=O) groups is 1. The molecule has 2 aromatic rings. The summed E-state index contributed by atoms with van der Waals surface area (Å²) in [7, 11) is -3.67. The Balaban J connectivity index is 1.91. The highest BCUT2D eigenvalue weighted by atomic mass is 32.2. The van der Waals surface area contributed by atoms with Crippen molar-refractivity contribution < 1.29 is 13.2 Å². The van der Waals surface area contributed by atoms with Gasteiger partial charge in [-0.05, 0) is 42.8 Å². The maximum absolute atomic E-state index is 12.8. The van der Waals surface area contributed by atoms with Gasteiger partial charge in [0, 0.05) is 24.3 Å². The van der Waals surface area contributed by atoms with Crippen molar-refractivity contribution in [2.24, 2.45) is 0 Å². The zero-order chi connectivity index (χ0) is 17.3. The van der Waals surface area contributed by atoms with E-state index in [0.29, 0.717) is 5.69 Å². The summed E-state index contributed by atoms with van der Waals surface area (Å²) in [5.74, 6) is -0.0759. The van der Waals surface area contributed by atoms with E-state index >= 15 is 0 Å². The van der Waals surface area contributed by atoms with E-state index in [0.717, 1.165) is 11.3 Å². The molecule has 0 saturated carbocycles. The Labute approximate surface area is 141 Å². The lowest BCUT2D eigenvalue weighted by atomic mass is 10.1. The predicted molar refractivity (Wildman–Crippen MR) is 92.9 cm³/mol. The fourth-order valence-corrected chi connectivity index (χ4v) is 4.10. The lowest BCUT2D eigenvalue weighted by Gasteiger charge is -2.35. The third kappa shape index (κ3) is 3.00. The van der Waals surface area contributed by atoms with E-state index < -0.39 is 10.0 Å². The second-order valence-electron chi connectivity index (χ2n) is 5.75. The minimum absolute atomic E-state index is 0.0103. The van der Waals surface area contributed by atoms with Crippen molar-refractivity contribution >= 4 is 27.3 Å². The average molecular weight is 345 g/mol. The van der Waals surface area contributed by atoms with Gasteiger partial charge < -0.3 is 5.73 Å². The number of rotatable bonds is 3. The summed E-state index contributed by atoms with van der Waals surface area (Å²) in [5, 5.41) is 0. The van der Waals surface area contributed by atoms with E-state index in [9.17, 15) is 13.2 Å². The van der Waals surface area contributed by atoms with Gasteiger partial charge >= 0.3 is 0 Å². The lowest BCUT2D eigenvalue weighted by Crippen LogP contribution is -2.50. The molecule has 126 valence electrons. The van der Waals surface area contributed by atoms with Crippen molar-refractivity contribution in [1.29, 1.82) is 0 Å². The summed E-state index contributed by atoms with van der Waals surface area (Å²) in [6, 6.07) is 13.5. The van der Waals surface area contributed by atoms with Gasteiger partial charge in [-0.15, -0.1) is 0 Å². The standard InChI is InChI=1S/C17H19N3O3S/c1-13-4-2-3-5-16(13)20-12-19(11-10-17(20)21)24(22,23)15-8-6-14(18)7-9-15/h2-9H,10-12,18H2,1H3. The normalized spacial score (nSPS) is 16.4. The highest BCUT2D eigenvalue weighted by Gasteiger charge is 2.33. The van der Waals surface area contributed by atoms with Crippen molar-refractivity contribution in [2.45, 2.75) is 18.2 Å². The number of sulfonamides is 1. The smallest absolute Gasteiger partial charge is 0.244 e. The molecule has 1 fully saturated rings. The van der Waals surface area contributed by atoms with Crippen LogP contribution in [-0.4, -0.2) is 31.8 Å². The highest BCUT2D eigenvalue weighted by Crippen LogP contribution is 2.26. The molecule has 0 spiro atoms. The number of nitrogens with zero attached hydrogens (tertiary/aromatic N) is 2. The molecule has 6 nitrogen and oxygen atoms in total. The summed E-state index contributed by atoms with van der Waals surface area (Å²) in [4.78, 5) is 14.0. The molecule has 0 atom stereocenters. The van der Waals surface area contributed by atoms with Gasteiger partial charge in [-0.2, -0.15) is 4.31 Å². The number of anilines is 2. The van der Waals surface area contributed by atoms with Crippen LogP contribution in [0.25, 0.3) is 0 Å². The Bertz CT molecular complexity index is 863. The molecule has 2 N–H and O–H groups in total. The molecule has 1 saturated heterocycles. The van der Waals surface area contributed by atoms with Crippen LogP contribution in [0, 0.1) is 6.92 Å². The van der Waals surface area contributed by atoms with E-state index in [1.165, 1.54) is 21.3 Å². The van der Waals surface area contributed by atoms with Crippen molar-refractivity contribution in [1.82, 2.24) is 4.31 Å². The topological polar surface area (TPSA) is 83.7 Å². The van der Waals surface area contributed by atoms with E-state index in [1.807, 2.05) is 31.2 Å². The molecule has 3 rings (SSSR count). The first-order valence-electron chi connectivity index (χ1n) is 7.61. The third-order valence-electron chi connectivity index (χ3n) is 4.10. The number of nitrogens with two attached hydrogens (primary N) is 1. The molecule has 0 aliphatic carbocycles. The quantitative estimate of drug-likeness (QED) is 0.862. The number of carbonyl (C=O) groups excluding carboxylic acids is 1. The molecule has 2 aromatic carbocycles. The van der Waals surface area contributed by atoms with Gasteiger partial charge in [0.05, 0.1) is 11.6 Å². The molecule has 1 aliphatic rings. The molecule has 0 radical (unpaired) electrons. The van der Waals surface area contributed by atoms with Crippen LogP contribution in [0.4, 0.5) is 11.4 Å². The zero-order valence-corrected chi connectivity index (χ0v) is 14.2. The first-order chi connectivity index (χ1) is 11.4. The first kappa shape index (κ1) is 16.5. The SMILES string of the molecule is Cc1ccccc1N1CN(S(=O)(=O)c2ccc(N)cc2)CCC1=O. The van der Waals surface area contributed by atoms with Crippen LogP contribution in [0.1, 0.15) is 12.0 Å². The predicted octanol–water partition coefficient (Wildman–Crippen LogP) is 1.96. The van der Waals surface area contributed by atoms with Gasteiger partial charge in [0.2, 0.25) is 15.9 Å². The van der Waals surface area contributed by atoms with E-state index in [1.54, 1.807) is 12.1 Å². The highest BCUT2D eigenvalue weighted by molar-refractivity contribution is 7.89. The number of hydrogen-bond acceptors (Lipinski definition) is 4. The van der Waals surface area contributed by atoms with Crippen LogP contribution in [0.15, 0.2) is 53.4 Å². The summed E-state index contributed by atoms with van der Waals surface area (Å²) >= 11 is 0. The van der Waals surface area contributed by atoms with Crippen LogP contribution in [0.3, 0.4) is 0 Å². The molecule has 7 heteroatoms. The Morgan fingerprint density at radius 2 is 1.71 bits per heavy atom. The second-order valence-corrected chi connectivity index (χ2v) is 7.69. The lowest BCUT2D eigenvalue weighted by molar-refractivity contribution is -0.120. The molecule has 0 aromatic heterocycles.